The third-order valence-corrected chi connectivity index (χ3v) is 6.27. The molecule has 0 aromatic rings. The summed E-state index contributed by atoms with van der Waals surface area (Å²) in [6, 6.07) is 0. The molecule has 0 aromatic carbocycles. The van der Waals surface area contributed by atoms with Crippen LogP contribution in [-0.2, 0) is 38.1 Å². The van der Waals surface area contributed by atoms with E-state index in [1.54, 1.807) is 6.92 Å². The highest BCUT2D eigenvalue weighted by molar-refractivity contribution is 5.92. The van der Waals surface area contributed by atoms with E-state index in [9.17, 15) is 19.2 Å². The standard InChI is InChI=1S/C24H28O8/c1-11(7-8-29-15(5)25)23(27)31-19-9-12(2)17-10-18(30-16(6)26)13(3)20(17)22-21(19)14(4)24(28)32-22/h7,9,17-22H,3-4,8,10H2,1-2,5-6H3. The van der Waals surface area contributed by atoms with Gasteiger partial charge in [0.15, 0.2) is 0 Å². The van der Waals surface area contributed by atoms with Gasteiger partial charge in [-0.1, -0.05) is 18.7 Å². The summed E-state index contributed by atoms with van der Waals surface area (Å²) in [4.78, 5) is 47.5. The average molecular weight is 444 g/mol. The summed E-state index contributed by atoms with van der Waals surface area (Å²) in [6.45, 7) is 14.1. The van der Waals surface area contributed by atoms with Crippen LogP contribution < -0.4 is 0 Å². The van der Waals surface area contributed by atoms with E-state index in [2.05, 4.69) is 13.2 Å². The van der Waals surface area contributed by atoms with Gasteiger partial charge in [0.05, 0.1) is 5.92 Å². The Morgan fingerprint density at radius 2 is 1.81 bits per heavy atom. The van der Waals surface area contributed by atoms with Crippen molar-refractivity contribution in [2.45, 2.75) is 52.4 Å². The quantitative estimate of drug-likeness (QED) is 0.276. The molecule has 3 aliphatic rings. The molecule has 0 spiro atoms. The van der Waals surface area contributed by atoms with Crippen LogP contribution in [0, 0.1) is 17.8 Å². The van der Waals surface area contributed by atoms with Gasteiger partial charge in [0.25, 0.3) is 0 Å². The first-order valence-electron chi connectivity index (χ1n) is 10.5. The Bertz CT molecular complexity index is 940. The van der Waals surface area contributed by atoms with Crippen LogP contribution in [0.15, 0.2) is 47.6 Å². The first kappa shape index (κ1) is 23.5. The smallest absolute Gasteiger partial charge is 0.334 e. The van der Waals surface area contributed by atoms with E-state index in [4.69, 9.17) is 18.9 Å². The molecule has 1 aliphatic heterocycles. The minimum atomic E-state index is -0.769. The van der Waals surface area contributed by atoms with Crippen molar-refractivity contribution >= 4 is 23.9 Å². The summed E-state index contributed by atoms with van der Waals surface area (Å²) >= 11 is 0. The van der Waals surface area contributed by atoms with Crippen LogP contribution in [0.25, 0.3) is 0 Å². The van der Waals surface area contributed by atoms with Gasteiger partial charge in [-0.3, -0.25) is 9.59 Å². The van der Waals surface area contributed by atoms with E-state index in [0.717, 1.165) is 5.57 Å². The van der Waals surface area contributed by atoms with Crippen molar-refractivity contribution < 1.29 is 38.1 Å². The number of ether oxygens (including phenoxy) is 4. The second-order valence-electron chi connectivity index (χ2n) is 8.43. The van der Waals surface area contributed by atoms with Gasteiger partial charge in [-0.15, -0.1) is 0 Å². The molecule has 2 aliphatic carbocycles. The van der Waals surface area contributed by atoms with Gasteiger partial charge in [-0.25, -0.2) is 9.59 Å². The number of allylic oxidation sites excluding steroid dienone is 1. The van der Waals surface area contributed by atoms with Crippen LogP contribution >= 0.6 is 0 Å². The maximum Gasteiger partial charge on any atom is 0.334 e. The lowest BCUT2D eigenvalue weighted by Crippen LogP contribution is -2.36. The second kappa shape index (κ2) is 9.14. The highest BCUT2D eigenvalue weighted by Crippen LogP contribution is 2.52. The zero-order valence-corrected chi connectivity index (χ0v) is 18.7. The van der Waals surface area contributed by atoms with Crippen LogP contribution in [0.5, 0.6) is 0 Å². The van der Waals surface area contributed by atoms with E-state index in [1.807, 2.05) is 13.0 Å². The van der Waals surface area contributed by atoms with Gasteiger partial charge in [0.2, 0.25) is 0 Å². The summed E-state index contributed by atoms with van der Waals surface area (Å²) in [7, 11) is 0. The topological polar surface area (TPSA) is 105 Å². The Labute approximate surface area is 186 Å². The fourth-order valence-electron chi connectivity index (χ4n) is 4.70. The van der Waals surface area contributed by atoms with Gasteiger partial charge in [0.1, 0.15) is 24.9 Å². The SMILES string of the molecule is C=C1C(=O)OC2C1C(OC(=O)C(C)=CCOC(C)=O)C=C(C)C1CC(OC(C)=O)C(=C)C12. The molecule has 0 bridgehead atoms. The van der Waals surface area contributed by atoms with Crippen molar-refractivity contribution in [3.63, 3.8) is 0 Å². The van der Waals surface area contributed by atoms with E-state index in [0.29, 0.717) is 12.0 Å². The van der Waals surface area contributed by atoms with Crippen molar-refractivity contribution in [2.24, 2.45) is 17.8 Å². The predicted molar refractivity (Wildman–Crippen MR) is 113 cm³/mol. The van der Waals surface area contributed by atoms with Crippen LogP contribution in [0.4, 0.5) is 0 Å². The predicted octanol–water partition coefficient (Wildman–Crippen LogP) is 2.59. The lowest BCUT2D eigenvalue weighted by atomic mass is 9.80. The molecule has 0 amide bonds. The second-order valence-corrected chi connectivity index (χ2v) is 8.43. The summed E-state index contributed by atoms with van der Waals surface area (Å²) in [5.74, 6) is -2.95. The zero-order valence-electron chi connectivity index (χ0n) is 18.7. The first-order chi connectivity index (χ1) is 15.0. The van der Waals surface area contributed by atoms with Gasteiger partial charge in [-0.05, 0) is 43.9 Å². The summed E-state index contributed by atoms with van der Waals surface area (Å²) < 4.78 is 21.7. The Morgan fingerprint density at radius 3 is 2.44 bits per heavy atom. The molecule has 6 atom stereocenters. The molecule has 0 N–H and O–H groups in total. The normalized spacial score (nSPS) is 31.7. The highest BCUT2D eigenvalue weighted by atomic mass is 16.6. The minimum absolute atomic E-state index is 0.0440. The van der Waals surface area contributed by atoms with Crippen molar-refractivity contribution in [1.82, 2.24) is 0 Å². The highest BCUT2D eigenvalue weighted by Gasteiger charge is 2.56. The molecule has 6 unspecified atom stereocenters. The Kier molecular flexibility index (Phi) is 6.71. The van der Waals surface area contributed by atoms with Crippen molar-refractivity contribution in [1.29, 1.82) is 0 Å². The molecule has 32 heavy (non-hydrogen) atoms. The van der Waals surface area contributed by atoms with Gasteiger partial charge in [0, 0.05) is 30.9 Å². The fraction of sp³-hybridized carbons (Fsp3) is 0.500. The molecule has 0 aromatic heterocycles. The van der Waals surface area contributed by atoms with Gasteiger partial charge < -0.3 is 18.9 Å². The lowest BCUT2D eigenvalue weighted by molar-refractivity contribution is -0.147. The number of rotatable bonds is 5. The van der Waals surface area contributed by atoms with Crippen LogP contribution in [0.3, 0.4) is 0 Å². The van der Waals surface area contributed by atoms with Crippen LogP contribution in [0.2, 0.25) is 0 Å². The van der Waals surface area contributed by atoms with Crippen molar-refractivity contribution in [3.8, 4) is 0 Å². The van der Waals surface area contributed by atoms with Crippen molar-refractivity contribution in [3.05, 3.63) is 47.6 Å². The van der Waals surface area contributed by atoms with E-state index in [1.165, 1.54) is 19.9 Å². The summed E-state index contributed by atoms with van der Waals surface area (Å²) in [5, 5.41) is 0. The third kappa shape index (κ3) is 4.54. The maximum absolute atomic E-state index is 12.7. The maximum atomic E-state index is 12.7. The van der Waals surface area contributed by atoms with Crippen LogP contribution in [0.1, 0.15) is 34.1 Å². The molecule has 8 nitrogen and oxygen atoms in total. The molecular weight excluding hydrogens is 416 g/mol. The van der Waals surface area contributed by atoms with E-state index >= 15 is 0 Å². The number of carbonyl (C=O) groups excluding carboxylic acids is 4. The molecule has 1 heterocycles. The molecule has 8 heteroatoms. The summed E-state index contributed by atoms with van der Waals surface area (Å²) in [6.07, 6.45) is 1.92. The fourth-order valence-corrected chi connectivity index (χ4v) is 4.70. The molecular formula is C24H28O8. The Hall–Kier alpha value is -3.16. The molecule has 1 saturated carbocycles. The molecule has 3 rings (SSSR count). The monoisotopic (exact) mass is 444 g/mol. The third-order valence-electron chi connectivity index (χ3n) is 6.27. The lowest BCUT2D eigenvalue weighted by Gasteiger charge is -2.29. The zero-order chi connectivity index (χ0) is 23.7. The van der Waals surface area contributed by atoms with E-state index < -0.39 is 48.1 Å². The van der Waals surface area contributed by atoms with E-state index in [-0.39, 0.29) is 29.6 Å². The Balaban J connectivity index is 1.88. The number of fused-ring (bicyclic) bond motifs is 3. The number of esters is 4. The minimum Gasteiger partial charge on any atom is -0.462 e. The Morgan fingerprint density at radius 1 is 1.12 bits per heavy atom. The number of carbonyl (C=O) groups is 4. The van der Waals surface area contributed by atoms with Gasteiger partial charge >= 0.3 is 23.9 Å². The average Bonchev–Trinajstić information content (AvgIpc) is 3.12. The molecule has 1 saturated heterocycles. The van der Waals surface area contributed by atoms with Crippen LogP contribution in [-0.4, -0.2) is 48.8 Å². The summed E-state index contributed by atoms with van der Waals surface area (Å²) in [5.41, 5.74) is 2.11. The largest absolute Gasteiger partial charge is 0.462 e. The molecule has 0 radical (unpaired) electrons. The molecule has 172 valence electrons. The van der Waals surface area contributed by atoms with Crippen molar-refractivity contribution in [2.75, 3.05) is 6.61 Å². The number of hydrogen-bond donors (Lipinski definition) is 0. The number of hydrogen-bond acceptors (Lipinski definition) is 8. The molecule has 2 fully saturated rings. The van der Waals surface area contributed by atoms with Gasteiger partial charge in [-0.2, -0.15) is 0 Å². The first-order valence-corrected chi connectivity index (χ1v) is 10.5.